The van der Waals surface area contributed by atoms with Crippen LogP contribution in [0, 0.1) is 0 Å². The van der Waals surface area contributed by atoms with Crippen molar-refractivity contribution < 1.29 is 12.8 Å². The summed E-state index contributed by atoms with van der Waals surface area (Å²) in [5, 5.41) is 4.12. The van der Waals surface area contributed by atoms with E-state index in [-0.39, 0.29) is 17.5 Å². The third-order valence-corrected chi connectivity index (χ3v) is 6.85. The second-order valence-electron chi connectivity index (χ2n) is 6.55. The number of hydrogen-bond donors (Lipinski definition) is 1. The summed E-state index contributed by atoms with van der Waals surface area (Å²) in [4.78, 5) is 2.01. The molecule has 0 aromatic carbocycles. The normalized spacial score (nSPS) is 24.4. The molecule has 0 bridgehead atoms. The van der Waals surface area contributed by atoms with Crippen LogP contribution in [0.3, 0.4) is 0 Å². The van der Waals surface area contributed by atoms with Crippen molar-refractivity contribution in [2.24, 2.45) is 0 Å². The van der Waals surface area contributed by atoms with Gasteiger partial charge < -0.3 is 14.6 Å². The topological polar surface area (TPSA) is 62.6 Å². The van der Waals surface area contributed by atoms with E-state index in [9.17, 15) is 8.42 Å². The molecule has 0 unspecified atom stereocenters. The van der Waals surface area contributed by atoms with Gasteiger partial charge in [0.05, 0.1) is 24.3 Å². The summed E-state index contributed by atoms with van der Waals surface area (Å²) in [5.41, 5.74) is 0. The summed E-state index contributed by atoms with van der Waals surface area (Å²) < 4.78 is 29.1. The number of furan rings is 1. The van der Waals surface area contributed by atoms with Crippen LogP contribution in [0.2, 0.25) is 0 Å². The molecule has 1 aromatic heterocycles. The highest BCUT2D eigenvalue weighted by atomic mass is 32.2. The Morgan fingerprint density at radius 1 is 1.30 bits per heavy atom. The zero-order valence-electron chi connectivity index (χ0n) is 13.2. The molecule has 7 heteroatoms. The SMILES string of the molecule is O=S1(=O)CC[C@@H](N(Cc2ccco2)C(=S)NC2CCCCC2)C1. The number of nitrogens with one attached hydrogen (secondary N) is 1. The molecular weight excluding hydrogens is 332 g/mol. The standard InChI is InChI=1S/C16H24N2O3S2/c19-23(20)10-8-14(12-23)18(11-15-7-4-9-21-15)16(22)17-13-5-2-1-3-6-13/h4,7,9,13-14H,1-3,5-6,8,10-12H2,(H,17,22)/t14-/m1/s1. The maximum Gasteiger partial charge on any atom is 0.169 e. The first-order valence-electron chi connectivity index (χ1n) is 8.33. The minimum Gasteiger partial charge on any atom is -0.467 e. The van der Waals surface area contributed by atoms with Crippen molar-refractivity contribution in [3.63, 3.8) is 0 Å². The fourth-order valence-electron chi connectivity index (χ4n) is 3.46. The number of rotatable bonds is 4. The van der Waals surface area contributed by atoms with Crippen molar-refractivity contribution in [2.75, 3.05) is 11.5 Å². The summed E-state index contributed by atoms with van der Waals surface area (Å²) in [6.45, 7) is 0.520. The van der Waals surface area contributed by atoms with Crippen LogP contribution in [0.25, 0.3) is 0 Å². The summed E-state index contributed by atoms with van der Waals surface area (Å²) in [6.07, 6.45) is 8.30. The van der Waals surface area contributed by atoms with Gasteiger partial charge in [0.1, 0.15) is 5.76 Å². The van der Waals surface area contributed by atoms with E-state index in [1.165, 1.54) is 19.3 Å². The van der Waals surface area contributed by atoms with Gasteiger partial charge in [-0.25, -0.2) is 8.42 Å². The van der Waals surface area contributed by atoms with Gasteiger partial charge in [-0.05, 0) is 43.6 Å². The molecule has 0 amide bonds. The van der Waals surface area contributed by atoms with Crippen molar-refractivity contribution >= 4 is 27.2 Å². The molecule has 23 heavy (non-hydrogen) atoms. The van der Waals surface area contributed by atoms with Gasteiger partial charge in [-0.15, -0.1) is 0 Å². The molecule has 5 nitrogen and oxygen atoms in total. The number of nitrogens with zero attached hydrogens (tertiary/aromatic N) is 1. The predicted octanol–water partition coefficient (Wildman–Crippen LogP) is 2.48. The van der Waals surface area contributed by atoms with E-state index in [1.807, 2.05) is 17.0 Å². The third-order valence-electron chi connectivity index (χ3n) is 4.75. The van der Waals surface area contributed by atoms with Crippen molar-refractivity contribution in [3.8, 4) is 0 Å². The Morgan fingerprint density at radius 2 is 2.09 bits per heavy atom. The van der Waals surface area contributed by atoms with Crippen LogP contribution in [0.4, 0.5) is 0 Å². The highest BCUT2D eigenvalue weighted by Gasteiger charge is 2.34. The van der Waals surface area contributed by atoms with Crippen molar-refractivity contribution in [1.82, 2.24) is 10.2 Å². The molecule has 0 radical (unpaired) electrons. The molecule has 2 aliphatic rings. The number of thiocarbonyl (C=S) groups is 1. The zero-order valence-corrected chi connectivity index (χ0v) is 14.9. The van der Waals surface area contributed by atoms with Gasteiger partial charge in [0, 0.05) is 12.1 Å². The molecule has 1 aromatic rings. The molecule has 1 aliphatic carbocycles. The summed E-state index contributed by atoms with van der Waals surface area (Å²) in [5.74, 6) is 1.24. The molecule has 1 atom stereocenters. The fraction of sp³-hybridized carbons (Fsp3) is 0.688. The van der Waals surface area contributed by atoms with Gasteiger partial charge in [-0.2, -0.15) is 0 Å². The predicted molar refractivity (Wildman–Crippen MR) is 93.9 cm³/mol. The molecule has 0 spiro atoms. The van der Waals surface area contributed by atoms with E-state index in [0.717, 1.165) is 18.6 Å². The lowest BCUT2D eigenvalue weighted by atomic mass is 9.96. The molecule has 128 valence electrons. The molecule has 2 heterocycles. The molecule has 1 saturated heterocycles. The highest BCUT2D eigenvalue weighted by molar-refractivity contribution is 7.91. The van der Waals surface area contributed by atoms with E-state index >= 15 is 0 Å². The fourth-order valence-corrected chi connectivity index (χ4v) is 5.57. The second kappa shape index (κ2) is 7.21. The monoisotopic (exact) mass is 356 g/mol. The van der Waals surface area contributed by atoms with Gasteiger partial charge in [0.2, 0.25) is 0 Å². The van der Waals surface area contributed by atoms with E-state index in [1.54, 1.807) is 6.26 Å². The Bertz CT molecular complexity index is 622. The average molecular weight is 357 g/mol. The Morgan fingerprint density at radius 3 is 2.70 bits per heavy atom. The third kappa shape index (κ3) is 4.47. The van der Waals surface area contributed by atoms with Crippen molar-refractivity contribution in [3.05, 3.63) is 24.2 Å². The maximum atomic E-state index is 11.8. The Kier molecular flexibility index (Phi) is 5.26. The van der Waals surface area contributed by atoms with Crippen LogP contribution in [-0.2, 0) is 16.4 Å². The van der Waals surface area contributed by atoms with E-state index in [0.29, 0.717) is 24.1 Å². The molecule has 1 saturated carbocycles. The van der Waals surface area contributed by atoms with E-state index < -0.39 is 9.84 Å². The maximum absolute atomic E-state index is 11.8. The first-order valence-corrected chi connectivity index (χ1v) is 10.6. The zero-order chi connectivity index (χ0) is 16.3. The molecule has 2 fully saturated rings. The summed E-state index contributed by atoms with van der Waals surface area (Å²) >= 11 is 5.62. The first-order chi connectivity index (χ1) is 11.0. The van der Waals surface area contributed by atoms with E-state index in [4.69, 9.17) is 16.6 Å². The van der Waals surface area contributed by atoms with E-state index in [2.05, 4.69) is 5.32 Å². The lowest BCUT2D eigenvalue weighted by Gasteiger charge is -2.33. The number of sulfone groups is 1. The minimum absolute atomic E-state index is 0.0614. The Labute approximate surface area is 143 Å². The van der Waals surface area contributed by atoms with Gasteiger partial charge >= 0.3 is 0 Å². The van der Waals surface area contributed by atoms with Crippen LogP contribution in [-0.4, -0.2) is 42.0 Å². The molecule has 3 rings (SSSR count). The van der Waals surface area contributed by atoms with Crippen molar-refractivity contribution in [2.45, 2.75) is 57.2 Å². The Hall–Kier alpha value is -1.08. The van der Waals surface area contributed by atoms with Gasteiger partial charge in [-0.3, -0.25) is 0 Å². The average Bonchev–Trinajstić information content (AvgIpc) is 3.15. The van der Waals surface area contributed by atoms with Gasteiger partial charge in [0.15, 0.2) is 14.9 Å². The summed E-state index contributed by atoms with van der Waals surface area (Å²) in [7, 11) is -2.95. The highest BCUT2D eigenvalue weighted by Crippen LogP contribution is 2.22. The molecule has 1 aliphatic heterocycles. The largest absolute Gasteiger partial charge is 0.467 e. The van der Waals surface area contributed by atoms with Crippen LogP contribution in [0.5, 0.6) is 0 Å². The quantitative estimate of drug-likeness (QED) is 0.836. The molecule has 1 N–H and O–H groups in total. The summed E-state index contributed by atoms with van der Waals surface area (Å²) in [6, 6.07) is 4.10. The van der Waals surface area contributed by atoms with Crippen LogP contribution in [0.1, 0.15) is 44.3 Å². The van der Waals surface area contributed by atoms with Crippen LogP contribution < -0.4 is 5.32 Å². The smallest absolute Gasteiger partial charge is 0.169 e. The van der Waals surface area contributed by atoms with Gasteiger partial charge in [0.25, 0.3) is 0 Å². The van der Waals surface area contributed by atoms with Crippen LogP contribution >= 0.6 is 12.2 Å². The van der Waals surface area contributed by atoms with Gasteiger partial charge in [-0.1, -0.05) is 19.3 Å². The minimum atomic E-state index is -2.95. The first kappa shape index (κ1) is 16.8. The Balaban J connectivity index is 1.70. The number of hydrogen-bond acceptors (Lipinski definition) is 4. The molecular formula is C16H24N2O3S2. The second-order valence-corrected chi connectivity index (χ2v) is 9.16. The lowest BCUT2D eigenvalue weighted by Crippen LogP contribution is -2.49. The lowest BCUT2D eigenvalue weighted by molar-refractivity contribution is 0.286. The van der Waals surface area contributed by atoms with Crippen LogP contribution in [0.15, 0.2) is 22.8 Å². The van der Waals surface area contributed by atoms with Crippen molar-refractivity contribution in [1.29, 1.82) is 0 Å².